The van der Waals surface area contributed by atoms with E-state index in [2.05, 4.69) is 18.2 Å². The van der Waals surface area contributed by atoms with Gasteiger partial charge in [-0.05, 0) is 18.4 Å². The average molecular weight is 348 g/mol. The van der Waals surface area contributed by atoms with E-state index in [-0.39, 0.29) is 5.90 Å². The number of hydrogen-bond acceptors (Lipinski definition) is 6. The van der Waals surface area contributed by atoms with E-state index >= 15 is 0 Å². The molecule has 3 rings (SSSR count). The lowest BCUT2D eigenvalue weighted by Crippen LogP contribution is -2.62. The Bertz CT molecular complexity index is 833. The first kappa shape index (κ1) is 17.9. The normalized spacial score (nSPS) is 34.2. The summed E-state index contributed by atoms with van der Waals surface area (Å²) >= 11 is 0. The van der Waals surface area contributed by atoms with Gasteiger partial charge in [0.2, 0.25) is 11.7 Å². The standard InChI is InChI=1S/C20H20N4O2/c1-3-7-16-19(11-21,12-22)20(13-23)15(10-14-8-5-4-6-9-14)18(2,25-16)26-17(20)24/h4-6,8-9,15-16,24H,3,7,10H2,1-2H3. The maximum atomic E-state index is 10.2. The SMILES string of the molecule is CCCC1OC2(C)OC(=N)C(C#N)(C2Cc2ccccc2)C1(C#N)C#N. The fourth-order valence-corrected chi connectivity index (χ4v) is 4.38. The molecule has 0 radical (unpaired) electrons. The molecule has 26 heavy (non-hydrogen) atoms. The molecule has 0 aliphatic carbocycles. The van der Waals surface area contributed by atoms with E-state index in [4.69, 9.17) is 14.9 Å². The molecular weight excluding hydrogens is 328 g/mol. The van der Waals surface area contributed by atoms with E-state index in [1.54, 1.807) is 6.92 Å². The summed E-state index contributed by atoms with van der Waals surface area (Å²) in [7, 11) is 0. The van der Waals surface area contributed by atoms with E-state index in [1.807, 2.05) is 37.3 Å². The van der Waals surface area contributed by atoms with E-state index in [0.717, 1.165) is 5.56 Å². The maximum absolute atomic E-state index is 10.2. The number of rotatable bonds is 4. The zero-order chi connectivity index (χ0) is 19.0. The third-order valence-electron chi connectivity index (χ3n) is 5.66. The number of ether oxygens (including phenoxy) is 2. The molecule has 1 aromatic carbocycles. The van der Waals surface area contributed by atoms with Gasteiger partial charge in [0, 0.05) is 6.92 Å². The number of nitrogens with zero attached hydrogens (tertiary/aromatic N) is 3. The van der Waals surface area contributed by atoms with Gasteiger partial charge < -0.3 is 9.47 Å². The molecule has 0 saturated carbocycles. The Hall–Kier alpha value is -2.88. The van der Waals surface area contributed by atoms with Crippen LogP contribution in [0.5, 0.6) is 0 Å². The van der Waals surface area contributed by atoms with Gasteiger partial charge in [0.25, 0.3) is 0 Å². The maximum Gasteiger partial charge on any atom is 0.214 e. The van der Waals surface area contributed by atoms with Crippen LogP contribution in [0.25, 0.3) is 0 Å². The van der Waals surface area contributed by atoms with E-state index in [0.29, 0.717) is 19.3 Å². The van der Waals surface area contributed by atoms with Gasteiger partial charge in [-0.3, -0.25) is 5.41 Å². The molecule has 2 heterocycles. The molecular formula is C20H20N4O2. The lowest BCUT2D eigenvalue weighted by molar-refractivity contribution is -0.270. The van der Waals surface area contributed by atoms with Crippen molar-refractivity contribution in [1.82, 2.24) is 0 Å². The molecule has 2 saturated heterocycles. The first-order valence-corrected chi connectivity index (χ1v) is 8.67. The summed E-state index contributed by atoms with van der Waals surface area (Å²) < 4.78 is 11.8. The van der Waals surface area contributed by atoms with Crippen molar-refractivity contribution in [2.75, 3.05) is 0 Å². The Morgan fingerprint density at radius 2 is 1.77 bits per heavy atom. The third-order valence-corrected chi connectivity index (χ3v) is 5.66. The summed E-state index contributed by atoms with van der Waals surface area (Å²) in [5, 5.41) is 38.5. The van der Waals surface area contributed by atoms with Gasteiger partial charge in [-0.2, -0.15) is 15.8 Å². The van der Waals surface area contributed by atoms with Gasteiger partial charge in [0.1, 0.15) is 0 Å². The zero-order valence-electron chi connectivity index (χ0n) is 14.8. The molecule has 0 spiro atoms. The van der Waals surface area contributed by atoms with Crippen molar-refractivity contribution in [1.29, 1.82) is 21.2 Å². The van der Waals surface area contributed by atoms with Gasteiger partial charge in [-0.15, -0.1) is 0 Å². The van der Waals surface area contributed by atoms with Crippen LogP contribution in [-0.4, -0.2) is 17.8 Å². The average Bonchev–Trinajstić information content (AvgIpc) is 2.80. The quantitative estimate of drug-likeness (QED) is 0.896. The fourth-order valence-electron chi connectivity index (χ4n) is 4.38. The van der Waals surface area contributed by atoms with Crippen molar-refractivity contribution >= 4 is 5.90 Å². The minimum atomic E-state index is -1.79. The van der Waals surface area contributed by atoms with Crippen LogP contribution in [-0.2, 0) is 15.9 Å². The highest BCUT2D eigenvalue weighted by molar-refractivity contribution is 5.89. The Kier molecular flexibility index (Phi) is 4.23. The molecule has 0 amide bonds. The summed E-state index contributed by atoms with van der Waals surface area (Å²) in [4.78, 5) is 0. The predicted molar refractivity (Wildman–Crippen MR) is 92.3 cm³/mol. The van der Waals surface area contributed by atoms with Crippen LogP contribution in [0, 0.1) is 56.2 Å². The van der Waals surface area contributed by atoms with Crippen LogP contribution in [0.15, 0.2) is 30.3 Å². The van der Waals surface area contributed by atoms with Gasteiger partial charge in [-0.1, -0.05) is 43.7 Å². The highest BCUT2D eigenvalue weighted by Crippen LogP contribution is 2.63. The Labute approximate surface area is 153 Å². The molecule has 4 unspecified atom stereocenters. The monoisotopic (exact) mass is 348 g/mol. The van der Waals surface area contributed by atoms with E-state index < -0.39 is 28.6 Å². The van der Waals surface area contributed by atoms with Crippen molar-refractivity contribution in [2.45, 2.75) is 45.0 Å². The first-order valence-electron chi connectivity index (χ1n) is 8.67. The van der Waals surface area contributed by atoms with Crippen molar-refractivity contribution in [2.24, 2.45) is 16.7 Å². The topological polar surface area (TPSA) is 114 Å². The summed E-state index contributed by atoms with van der Waals surface area (Å²) in [6, 6.07) is 15.8. The number of hydrogen-bond donors (Lipinski definition) is 1. The van der Waals surface area contributed by atoms with Crippen molar-refractivity contribution in [3.8, 4) is 18.2 Å². The Morgan fingerprint density at radius 3 is 2.31 bits per heavy atom. The second-order valence-corrected chi connectivity index (χ2v) is 7.04. The smallest absolute Gasteiger partial charge is 0.214 e. The van der Waals surface area contributed by atoms with Crippen LogP contribution in [0.2, 0.25) is 0 Å². The summed E-state index contributed by atoms with van der Waals surface area (Å²) in [5.74, 6) is -2.20. The molecule has 132 valence electrons. The minimum Gasteiger partial charge on any atom is -0.448 e. The number of fused-ring (bicyclic) bond motifs is 2. The van der Waals surface area contributed by atoms with Crippen molar-refractivity contribution < 1.29 is 9.47 Å². The molecule has 1 N–H and O–H groups in total. The second kappa shape index (κ2) is 6.13. The predicted octanol–water partition coefficient (Wildman–Crippen LogP) is 3.31. The first-order chi connectivity index (χ1) is 12.4. The van der Waals surface area contributed by atoms with Gasteiger partial charge in [0.05, 0.1) is 30.2 Å². The van der Waals surface area contributed by atoms with Crippen LogP contribution in [0.3, 0.4) is 0 Å². The van der Waals surface area contributed by atoms with Gasteiger partial charge in [-0.25, -0.2) is 0 Å². The van der Waals surface area contributed by atoms with Crippen LogP contribution in [0.4, 0.5) is 0 Å². The molecule has 2 fully saturated rings. The van der Waals surface area contributed by atoms with Crippen LogP contribution in [0.1, 0.15) is 32.3 Å². The molecule has 2 aliphatic rings. The minimum absolute atomic E-state index is 0.342. The molecule has 6 heteroatoms. The second-order valence-electron chi connectivity index (χ2n) is 7.04. The highest BCUT2D eigenvalue weighted by atomic mass is 16.7. The summed E-state index contributed by atoms with van der Waals surface area (Å²) in [6.07, 6.45) is 0.706. The molecule has 4 atom stereocenters. The van der Waals surface area contributed by atoms with E-state index in [9.17, 15) is 15.8 Å². The summed E-state index contributed by atoms with van der Waals surface area (Å²) in [5.41, 5.74) is -2.52. The zero-order valence-corrected chi connectivity index (χ0v) is 14.8. The summed E-state index contributed by atoms with van der Waals surface area (Å²) in [6.45, 7) is 3.63. The molecule has 2 aliphatic heterocycles. The van der Waals surface area contributed by atoms with Crippen LogP contribution >= 0.6 is 0 Å². The lowest BCUT2D eigenvalue weighted by Gasteiger charge is -2.48. The van der Waals surface area contributed by atoms with Gasteiger partial charge >= 0.3 is 0 Å². The number of nitriles is 3. The van der Waals surface area contributed by atoms with Crippen molar-refractivity contribution in [3.05, 3.63) is 35.9 Å². The Balaban J connectivity index is 2.21. The van der Waals surface area contributed by atoms with Gasteiger partial charge in [0.15, 0.2) is 10.8 Å². The largest absolute Gasteiger partial charge is 0.448 e. The van der Waals surface area contributed by atoms with Crippen molar-refractivity contribution in [3.63, 3.8) is 0 Å². The third kappa shape index (κ3) is 2.08. The molecule has 1 aromatic rings. The lowest BCUT2D eigenvalue weighted by atomic mass is 9.53. The number of benzene rings is 1. The Morgan fingerprint density at radius 1 is 1.12 bits per heavy atom. The fraction of sp³-hybridized carbons (Fsp3) is 0.500. The molecule has 0 aromatic heterocycles. The van der Waals surface area contributed by atoms with Crippen LogP contribution < -0.4 is 0 Å². The van der Waals surface area contributed by atoms with E-state index in [1.165, 1.54) is 0 Å². The molecule has 6 nitrogen and oxygen atoms in total. The number of nitrogens with one attached hydrogen (secondary N) is 1. The highest BCUT2D eigenvalue weighted by Gasteiger charge is 2.78. The molecule has 2 bridgehead atoms.